The minimum atomic E-state index is -0.379. The Labute approximate surface area is 110 Å². The van der Waals surface area contributed by atoms with Crippen molar-refractivity contribution in [1.29, 1.82) is 0 Å². The highest BCUT2D eigenvalue weighted by Crippen LogP contribution is 2.10. The highest BCUT2D eigenvalue weighted by atomic mass is 16.1. The topological polar surface area (TPSA) is 97.8 Å². The van der Waals surface area contributed by atoms with Crippen molar-refractivity contribution in [2.24, 2.45) is 5.73 Å². The predicted molar refractivity (Wildman–Crippen MR) is 75.5 cm³/mol. The summed E-state index contributed by atoms with van der Waals surface area (Å²) in [6.45, 7) is 0. The van der Waals surface area contributed by atoms with E-state index in [4.69, 9.17) is 11.5 Å². The van der Waals surface area contributed by atoms with Gasteiger partial charge in [0.25, 0.3) is 0 Å². The molecule has 1 aromatic heterocycles. The van der Waals surface area contributed by atoms with Gasteiger partial charge in [-0.15, -0.1) is 0 Å². The summed E-state index contributed by atoms with van der Waals surface area (Å²) in [5.41, 5.74) is 12.9. The van der Waals surface area contributed by atoms with Crippen LogP contribution in [-0.4, -0.2) is 15.9 Å². The van der Waals surface area contributed by atoms with Crippen LogP contribution in [0.5, 0.6) is 0 Å². The van der Waals surface area contributed by atoms with Crippen LogP contribution in [0.4, 0.5) is 5.95 Å². The Hall–Kier alpha value is -2.82. The number of rotatable bonds is 1. The third-order valence-electron chi connectivity index (χ3n) is 2.47. The van der Waals surface area contributed by atoms with Crippen LogP contribution in [0.3, 0.4) is 0 Å². The number of benzene rings is 2. The molecule has 5 heteroatoms. The van der Waals surface area contributed by atoms with Crippen LogP contribution < -0.4 is 11.5 Å². The second-order valence-corrected chi connectivity index (χ2v) is 3.87. The van der Waals surface area contributed by atoms with E-state index < -0.39 is 0 Å². The Bertz CT molecular complexity index is 643. The highest BCUT2D eigenvalue weighted by molar-refractivity contribution is 5.92. The summed E-state index contributed by atoms with van der Waals surface area (Å²) < 4.78 is 0. The summed E-state index contributed by atoms with van der Waals surface area (Å²) in [5, 5.41) is 0. The third kappa shape index (κ3) is 3.32. The number of nitrogens with one attached hydrogen (secondary N) is 1. The van der Waals surface area contributed by atoms with Gasteiger partial charge in [-0.1, -0.05) is 30.3 Å². The first-order valence-corrected chi connectivity index (χ1v) is 5.72. The van der Waals surface area contributed by atoms with Crippen LogP contribution in [0.15, 0.2) is 54.6 Å². The fourth-order valence-electron chi connectivity index (χ4n) is 1.57. The van der Waals surface area contributed by atoms with Crippen molar-refractivity contribution in [2.75, 3.05) is 5.73 Å². The molecular weight excluding hydrogens is 240 g/mol. The van der Waals surface area contributed by atoms with Crippen molar-refractivity contribution in [1.82, 2.24) is 9.97 Å². The zero-order valence-electron chi connectivity index (χ0n) is 10.2. The molecular formula is C14H14N4O. The lowest BCUT2D eigenvalue weighted by atomic mass is 10.2. The molecule has 96 valence electrons. The molecule has 3 rings (SSSR count). The van der Waals surface area contributed by atoms with Crippen molar-refractivity contribution < 1.29 is 4.79 Å². The average molecular weight is 254 g/mol. The molecule has 1 amide bonds. The van der Waals surface area contributed by atoms with Gasteiger partial charge >= 0.3 is 0 Å². The maximum Gasteiger partial charge on any atom is 0.248 e. The first kappa shape index (κ1) is 12.6. The summed E-state index contributed by atoms with van der Waals surface area (Å²) in [4.78, 5) is 17.4. The molecule has 0 aliphatic carbocycles. The minimum Gasteiger partial charge on any atom is -0.369 e. The lowest BCUT2D eigenvalue weighted by molar-refractivity contribution is 0.100. The van der Waals surface area contributed by atoms with Crippen molar-refractivity contribution in [3.63, 3.8) is 0 Å². The van der Waals surface area contributed by atoms with E-state index in [9.17, 15) is 4.79 Å². The Balaban J connectivity index is 0.000000141. The SMILES string of the molecule is NC(=O)c1ccccc1.Nc1nc2ccccc2[nH]1. The predicted octanol–water partition coefficient (Wildman–Crippen LogP) is 1.93. The van der Waals surface area contributed by atoms with E-state index in [1.54, 1.807) is 24.3 Å². The molecule has 5 N–H and O–H groups in total. The molecule has 0 radical (unpaired) electrons. The molecule has 0 aliphatic rings. The number of para-hydroxylation sites is 2. The summed E-state index contributed by atoms with van der Waals surface area (Å²) in [7, 11) is 0. The van der Waals surface area contributed by atoms with Crippen LogP contribution in [-0.2, 0) is 0 Å². The van der Waals surface area contributed by atoms with E-state index in [0.29, 0.717) is 11.5 Å². The van der Waals surface area contributed by atoms with Crippen LogP contribution >= 0.6 is 0 Å². The number of fused-ring (bicyclic) bond motifs is 1. The molecule has 0 unspecified atom stereocenters. The molecule has 19 heavy (non-hydrogen) atoms. The number of aromatic nitrogens is 2. The normalized spacial score (nSPS) is 9.68. The summed E-state index contributed by atoms with van der Waals surface area (Å²) >= 11 is 0. The molecule has 0 saturated heterocycles. The molecule has 0 atom stereocenters. The number of carbonyl (C=O) groups is 1. The zero-order chi connectivity index (χ0) is 13.7. The van der Waals surface area contributed by atoms with Gasteiger partial charge in [-0.05, 0) is 24.3 Å². The Kier molecular flexibility index (Phi) is 3.78. The molecule has 0 bridgehead atoms. The second-order valence-electron chi connectivity index (χ2n) is 3.87. The number of imidazole rings is 1. The standard InChI is InChI=1S/C7H7N3.C7H7NO/c8-7-9-5-3-1-2-4-6(5)10-7;8-7(9)6-4-2-1-3-5-6/h1-4H,(H3,8,9,10);1-5H,(H2,8,9). The van der Waals surface area contributed by atoms with Crippen LogP contribution in [0.1, 0.15) is 10.4 Å². The van der Waals surface area contributed by atoms with E-state index in [1.165, 1.54) is 0 Å². The maximum atomic E-state index is 10.4. The average Bonchev–Trinajstić information content (AvgIpc) is 2.80. The van der Waals surface area contributed by atoms with E-state index in [1.807, 2.05) is 30.3 Å². The van der Waals surface area contributed by atoms with Crippen LogP contribution in [0.25, 0.3) is 11.0 Å². The van der Waals surface area contributed by atoms with Crippen molar-refractivity contribution in [3.05, 3.63) is 60.2 Å². The lowest BCUT2D eigenvalue weighted by Gasteiger charge is -1.89. The van der Waals surface area contributed by atoms with Gasteiger partial charge in [-0.25, -0.2) is 4.98 Å². The molecule has 0 fully saturated rings. The lowest BCUT2D eigenvalue weighted by Crippen LogP contribution is -2.09. The number of carbonyl (C=O) groups excluding carboxylic acids is 1. The zero-order valence-corrected chi connectivity index (χ0v) is 10.2. The molecule has 1 heterocycles. The number of nitrogens with two attached hydrogens (primary N) is 2. The van der Waals surface area contributed by atoms with Gasteiger partial charge in [0.2, 0.25) is 5.91 Å². The number of H-pyrrole nitrogens is 1. The molecule has 3 aromatic rings. The number of anilines is 1. The maximum absolute atomic E-state index is 10.4. The van der Waals surface area contributed by atoms with E-state index in [2.05, 4.69) is 9.97 Å². The van der Waals surface area contributed by atoms with Gasteiger partial charge in [0.05, 0.1) is 11.0 Å². The summed E-state index contributed by atoms with van der Waals surface area (Å²) in [6, 6.07) is 16.5. The van der Waals surface area contributed by atoms with Crippen molar-refractivity contribution in [3.8, 4) is 0 Å². The Morgan fingerprint density at radius 2 is 1.63 bits per heavy atom. The second kappa shape index (κ2) is 5.68. The van der Waals surface area contributed by atoms with E-state index in [0.717, 1.165) is 11.0 Å². The van der Waals surface area contributed by atoms with Gasteiger partial charge in [-0.2, -0.15) is 0 Å². The number of hydrogen-bond acceptors (Lipinski definition) is 3. The Morgan fingerprint density at radius 3 is 2.21 bits per heavy atom. The van der Waals surface area contributed by atoms with Crippen LogP contribution in [0, 0.1) is 0 Å². The minimum absolute atomic E-state index is 0.379. The number of amides is 1. The van der Waals surface area contributed by atoms with Crippen molar-refractivity contribution >= 4 is 22.9 Å². The first-order chi connectivity index (χ1) is 9.16. The molecule has 2 aromatic carbocycles. The largest absolute Gasteiger partial charge is 0.369 e. The number of hydrogen-bond donors (Lipinski definition) is 3. The number of aromatic amines is 1. The first-order valence-electron chi connectivity index (χ1n) is 5.72. The van der Waals surface area contributed by atoms with Gasteiger partial charge in [0, 0.05) is 5.56 Å². The summed E-state index contributed by atoms with van der Waals surface area (Å²) in [5.74, 6) is 0.0943. The fourth-order valence-corrected chi connectivity index (χ4v) is 1.57. The van der Waals surface area contributed by atoms with Gasteiger partial charge in [0.1, 0.15) is 0 Å². The molecule has 0 aliphatic heterocycles. The number of nitrogen functional groups attached to an aromatic ring is 1. The summed E-state index contributed by atoms with van der Waals surface area (Å²) in [6.07, 6.45) is 0. The molecule has 5 nitrogen and oxygen atoms in total. The number of nitrogens with zero attached hydrogens (tertiary/aromatic N) is 1. The Morgan fingerprint density at radius 1 is 1.00 bits per heavy atom. The van der Waals surface area contributed by atoms with Crippen molar-refractivity contribution in [2.45, 2.75) is 0 Å². The highest BCUT2D eigenvalue weighted by Gasteiger charge is 1.95. The smallest absolute Gasteiger partial charge is 0.248 e. The van der Waals surface area contributed by atoms with Gasteiger partial charge < -0.3 is 16.5 Å². The van der Waals surface area contributed by atoms with Crippen LogP contribution in [0.2, 0.25) is 0 Å². The fraction of sp³-hybridized carbons (Fsp3) is 0. The van der Waals surface area contributed by atoms with E-state index in [-0.39, 0.29) is 5.91 Å². The van der Waals surface area contributed by atoms with Gasteiger partial charge in [0.15, 0.2) is 5.95 Å². The monoisotopic (exact) mass is 254 g/mol. The third-order valence-corrected chi connectivity index (χ3v) is 2.47. The van der Waals surface area contributed by atoms with Gasteiger partial charge in [-0.3, -0.25) is 4.79 Å². The van der Waals surface area contributed by atoms with E-state index >= 15 is 0 Å². The molecule has 0 saturated carbocycles. The quantitative estimate of drug-likeness (QED) is 0.618. The number of primary amides is 1. The molecule has 0 spiro atoms.